The Morgan fingerprint density at radius 1 is 1.03 bits per heavy atom. The molecule has 3 fully saturated rings. The van der Waals surface area contributed by atoms with Crippen LogP contribution in [0.2, 0.25) is 0 Å². The molecule has 30 heavy (non-hydrogen) atoms. The first-order chi connectivity index (χ1) is 14.5. The average Bonchev–Trinajstić information content (AvgIpc) is 2.99. The number of amides is 4. The maximum atomic E-state index is 13.2. The molecule has 158 valence electrons. The van der Waals surface area contributed by atoms with E-state index in [1.807, 2.05) is 12.1 Å². The van der Waals surface area contributed by atoms with E-state index in [1.165, 1.54) is 12.8 Å². The lowest BCUT2D eigenvalue weighted by Gasteiger charge is -2.42. The number of nitrogens with zero attached hydrogens (tertiary/aromatic N) is 2. The fraction of sp³-hybridized carbons (Fsp3) is 0.545. The molecular weight excluding hydrogens is 384 g/mol. The molecule has 4 heterocycles. The molecular formula is C22H26N4O4. The molecule has 0 saturated carbocycles. The molecule has 0 radical (unpaired) electrons. The molecule has 4 aliphatic rings. The number of fused-ring (bicyclic) bond motifs is 2. The first kappa shape index (κ1) is 19.4. The normalized spacial score (nSPS) is 29.6. The van der Waals surface area contributed by atoms with Crippen LogP contribution < -0.4 is 10.6 Å². The molecule has 0 aromatic heterocycles. The lowest BCUT2D eigenvalue weighted by Crippen LogP contribution is -2.54. The van der Waals surface area contributed by atoms with Crippen LogP contribution in [0.1, 0.15) is 58.4 Å². The number of hydrogen-bond donors (Lipinski definition) is 2. The molecule has 5 rings (SSSR count). The van der Waals surface area contributed by atoms with Crippen molar-refractivity contribution in [3.8, 4) is 0 Å². The number of carbonyl (C=O) groups excluding carboxylic acids is 4. The standard InChI is InChI=1S/C22H26N4O4/c27-18-7-6-17(20(28)24-18)26-21(29)15-5-1-3-14(19(15)22(26)30)12-25-10-8-16-13(11-25)4-2-9-23-16/h1,3,5,13,16-17,23H,2,4,6-12H2,(H,24,27,28). The number of hydrogen-bond acceptors (Lipinski definition) is 6. The van der Waals surface area contributed by atoms with Gasteiger partial charge >= 0.3 is 0 Å². The fourth-order valence-electron chi connectivity index (χ4n) is 5.42. The maximum Gasteiger partial charge on any atom is 0.262 e. The van der Waals surface area contributed by atoms with Crippen molar-refractivity contribution >= 4 is 23.6 Å². The number of rotatable bonds is 3. The number of piperidine rings is 3. The number of nitrogens with one attached hydrogen (secondary N) is 2. The largest absolute Gasteiger partial charge is 0.314 e. The van der Waals surface area contributed by atoms with E-state index >= 15 is 0 Å². The summed E-state index contributed by atoms with van der Waals surface area (Å²) in [6.07, 6.45) is 3.81. The summed E-state index contributed by atoms with van der Waals surface area (Å²) in [6.45, 7) is 3.66. The van der Waals surface area contributed by atoms with Crippen LogP contribution in [0.25, 0.3) is 0 Å². The Balaban J connectivity index is 1.37. The molecule has 4 amide bonds. The maximum absolute atomic E-state index is 13.2. The Bertz CT molecular complexity index is 930. The minimum Gasteiger partial charge on any atom is -0.314 e. The SMILES string of the molecule is O=C1CCC(N2C(=O)c3cccc(CN4CCC5NCCCC5C4)c3C2=O)C(=O)N1. The molecule has 4 aliphatic heterocycles. The second kappa shape index (κ2) is 7.59. The molecule has 3 saturated heterocycles. The quantitative estimate of drug-likeness (QED) is 0.711. The van der Waals surface area contributed by atoms with E-state index in [0.717, 1.165) is 36.5 Å². The first-order valence-corrected chi connectivity index (χ1v) is 10.8. The van der Waals surface area contributed by atoms with Crippen molar-refractivity contribution in [3.63, 3.8) is 0 Å². The van der Waals surface area contributed by atoms with Crippen LogP contribution in [0.3, 0.4) is 0 Å². The van der Waals surface area contributed by atoms with Crippen molar-refractivity contribution in [2.24, 2.45) is 5.92 Å². The van der Waals surface area contributed by atoms with Gasteiger partial charge in [0, 0.05) is 25.6 Å². The minimum atomic E-state index is -0.924. The van der Waals surface area contributed by atoms with Gasteiger partial charge in [0.15, 0.2) is 0 Å². The summed E-state index contributed by atoms with van der Waals surface area (Å²) in [5, 5.41) is 5.86. The predicted molar refractivity (Wildman–Crippen MR) is 108 cm³/mol. The summed E-state index contributed by atoms with van der Waals surface area (Å²) in [7, 11) is 0. The van der Waals surface area contributed by atoms with Crippen molar-refractivity contribution < 1.29 is 19.2 Å². The van der Waals surface area contributed by atoms with Crippen molar-refractivity contribution in [3.05, 3.63) is 34.9 Å². The predicted octanol–water partition coefficient (Wildman–Crippen LogP) is 0.662. The van der Waals surface area contributed by atoms with E-state index in [-0.39, 0.29) is 18.7 Å². The highest BCUT2D eigenvalue weighted by atomic mass is 16.2. The van der Waals surface area contributed by atoms with E-state index in [9.17, 15) is 19.2 Å². The molecule has 1 aromatic rings. The second-order valence-electron chi connectivity index (χ2n) is 8.77. The first-order valence-electron chi connectivity index (χ1n) is 10.8. The highest BCUT2D eigenvalue weighted by molar-refractivity contribution is 6.24. The Morgan fingerprint density at radius 3 is 2.73 bits per heavy atom. The number of carbonyl (C=O) groups is 4. The molecule has 8 heteroatoms. The summed E-state index contributed by atoms with van der Waals surface area (Å²) >= 11 is 0. The van der Waals surface area contributed by atoms with E-state index in [4.69, 9.17) is 0 Å². The average molecular weight is 410 g/mol. The number of imide groups is 2. The molecule has 0 aliphatic carbocycles. The summed E-state index contributed by atoms with van der Waals surface area (Å²) in [4.78, 5) is 53.4. The molecule has 8 nitrogen and oxygen atoms in total. The van der Waals surface area contributed by atoms with Crippen molar-refractivity contribution in [1.29, 1.82) is 0 Å². The van der Waals surface area contributed by atoms with E-state index in [2.05, 4.69) is 15.5 Å². The highest BCUT2D eigenvalue weighted by Crippen LogP contribution is 2.32. The summed E-state index contributed by atoms with van der Waals surface area (Å²) in [5.41, 5.74) is 1.61. The van der Waals surface area contributed by atoms with Gasteiger partial charge in [-0.05, 0) is 56.3 Å². The number of likely N-dealkylation sites (tertiary alicyclic amines) is 1. The van der Waals surface area contributed by atoms with Gasteiger partial charge in [0.2, 0.25) is 11.8 Å². The fourth-order valence-corrected chi connectivity index (χ4v) is 5.42. The smallest absolute Gasteiger partial charge is 0.262 e. The van der Waals surface area contributed by atoms with Crippen LogP contribution >= 0.6 is 0 Å². The molecule has 0 bridgehead atoms. The lowest BCUT2D eigenvalue weighted by atomic mass is 9.85. The monoisotopic (exact) mass is 410 g/mol. The van der Waals surface area contributed by atoms with Gasteiger partial charge in [0.1, 0.15) is 6.04 Å². The second-order valence-corrected chi connectivity index (χ2v) is 8.77. The van der Waals surface area contributed by atoms with Gasteiger partial charge in [-0.15, -0.1) is 0 Å². The zero-order chi connectivity index (χ0) is 20.8. The van der Waals surface area contributed by atoms with Crippen molar-refractivity contribution in [2.45, 2.75) is 50.7 Å². The summed E-state index contributed by atoms with van der Waals surface area (Å²) in [5.74, 6) is -1.18. The van der Waals surface area contributed by atoms with Crippen molar-refractivity contribution in [1.82, 2.24) is 20.4 Å². The van der Waals surface area contributed by atoms with Gasteiger partial charge in [-0.25, -0.2) is 0 Å². The molecule has 3 atom stereocenters. The van der Waals surface area contributed by atoms with Crippen LogP contribution in [0.15, 0.2) is 18.2 Å². The topological polar surface area (TPSA) is 98.8 Å². The Kier molecular flexibility index (Phi) is 4.91. The van der Waals surface area contributed by atoms with Gasteiger partial charge < -0.3 is 5.32 Å². The van der Waals surface area contributed by atoms with Crippen molar-refractivity contribution in [2.75, 3.05) is 19.6 Å². The Hall–Kier alpha value is -2.58. The van der Waals surface area contributed by atoms with Crippen LogP contribution in [-0.2, 0) is 16.1 Å². The molecule has 3 unspecified atom stereocenters. The molecule has 1 aromatic carbocycles. The Morgan fingerprint density at radius 2 is 1.90 bits per heavy atom. The zero-order valence-electron chi connectivity index (χ0n) is 16.9. The van der Waals surface area contributed by atoms with Gasteiger partial charge in [-0.1, -0.05) is 12.1 Å². The Labute approximate surface area is 175 Å². The minimum absolute atomic E-state index is 0.126. The zero-order valence-corrected chi connectivity index (χ0v) is 16.9. The third kappa shape index (κ3) is 3.24. The van der Waals surface area contributed by atoms with Crippen LogP contribution in [0.5, 0.6) is 0 Å². The van der Waals surface area contributed by atoms with E-state index in [1.54, 1.807) is 6.07 Å². The van der Waals surface area contributed by atoms with Gasteiger partial charge in [-0.2, -0.15) is 0 Å². The van der Waals surface area contributed by atoms with E-state index in [0.29, 0.717) is 29.6 Å². The van der Waals surface area contributed by atoms with E-state index < -0.39 is 23.8 Å². The molecule has 0 spiro atoms. The van der Waals surface area contributed by atoms with Crippen LogP contribution in [0, 0.1) is 5.92 Å². The molecule has 2 N–H and O–H groups in total. The van der Waals surface area contributed by atoms with Crippen LogP contribution in [0.4, 0.5) is 0 Å². The lowest BCUT2D eigenvalue weighted by molar-refractivity contribution is -0.136. The third-order valence-corrected chi connectivity index (χ3v) is 6.92. The van der Waals surface area contributed by atoms with Gasteiger partial charge in [-0.3, -0.25) is 34.3 Å². The number of benzene rings is 1. The third-order valence-electron chi connectivity index (χ3n) is 6.92. The summed E-state index contributed by atoms with van der Waals surface area (Å²) in [6, 6.07) is 5.03. The van der Waals surface area contributed by atoms with Gasteiger partial charge in [0.25, 0.3) is 11.8 Å². The van der Waals surface area contributed by atoms with Crippen LogP contribution in [-0.4, -0.2) is 65.1 Å². The van der Waals surface area contributed by atoms with Gasteiger partial charge in [0.05, 0.1) is 11.1 Å². The highest BCUT2D eigenvalue weighted by Gasteiger charge is 2.45. The summed E-state index contributed by atoms with van der Waals surface area (Å²) < 4.78 is 0.